The Hall–Kier alpha value is -2.46. The number of carbonyl (C=O) groups is 4. The van der Waals surface area contributed by atoms with E-state index in [2.05, 4.69) is 72.8 Å². The Labute approximate surface area is 592 Å². The summed E-state index contributed by atoms with van der Waals surface area (Å²) in [6, 6.07) is 0. The van der Waals surface area contributed by atoms with Crippen LogP contribution in [0.15, 0.2) is 24.3 Å². The van der Waals surface area contributed by atoms with E-state index in [0.29, 0.717) is 25.7 Å². The third kappa shape index (κ3) is 70.4. The predicted octanol–water partition coefficient (Wildman–Crippen LogP) is 22.5. The standard InChI is InChI=1S/C78H148O17P2/c1-8-10-11-12-13-14-15-16-17-21-27-32-37-45-52-59-75(80)88-65-73(94-77(82)62-55-48-39-34-29-24-23-26-31-36-43-50-57-70(5)6)67-92-96(84,85)90-63-72(79)64-91-97(86,87)93-68-74(66-89-76(81)60-53-46-41-40-44-51-58-71(7)9-2)95-78(83)61-54-47-38-33-28-22-19-18-20-25-30-35-42-49-56-69(3)4/h14-17,69-74,79H,8-13,18-68H2,1-7H3,(H,84,85)(H,86,87)/b15-14-,17-16-/t71?,72-,73-,74-/m1/s1. The van der Waals surface area contributed by atoms with Gasteiger partial charge in [-0.15, -0.1) is 0 Å². The highest BCUT2D eigenvalue weighted by Crippen LogP contribution is 2.45. The van der Waals surface area contributed by atoms with Crippen LogP contribution in [0.1, 0.15) is 376 Å². The van der Waals surface area contributed by atoms with Crippen LogP contribution in [0.2, 0.25) is 0 Å². The number of aliphatic hydroxyl groups is 1. The van der Waals surface area contributed by atoms with Crippen molar-refractivity contribution in [1.82, 2.24) is 0 Å². The van der Waals surface area contributed by atoms with E-state index in [1.54, 1.807) is 0 Å². The lowest BCUT2D eigenvalue weighted by atomic mass is 10.00. The summed E-state index contributed by atoms with van der Waals surface area (Å²) in [7, 11) is -9.93. The Bertz CT molecular complexity index is 1980. The zero-order valence-corrected chi connectivity index (χ0v) is 64.8. The fraction of sp³-hybridized carbons (Fsp3) is 0.897. The minimum Gasteiger partial charge on any atom is -0.462 e. The molecule has 0 aromatic rings. The Kier molecular flexibility index (Phi) is 66.3. The molecule has 0 amide bonds. The molecule has 0 aliphatic carbocycles. The van der Waals surface area contributed by atoms with Gasteiger partial charge in [-0.3, -0.25) is 37.3 Å². The molecule has 0 aliphatic heterocycles. The Morgan fingerprint density at radius 2 is 0.608 bits per heavy atom. The minimum absolute atomic E-state index is 0.0997. The van der Waals surface area contributed by atoms with Gasteiger partial charge < -0.3 is 33.8 Å². The van der Waals surface area contributed by atoms with Gasteiger partial charge in [-0.05, 0) is 69.1 Å². The third-order valence-electron chi connectivity index (χ3n) is 17.9. The predicted molar refractivity (Wildman–Crippen MR) is 395 cm³/mol. The second kappa shape index (κ2) is 68.0. The van der Waals surface area contributed by atoms with Crippen molar-refractivity contribution in [3.63, 3.8) is 0 Å². The van der Waals surface area contributed by atoms with Crippen molar-refractivity contribution < 1.29 is 80.2 Å². The largest absolute Gasteiger partial charge is 0.472 e. The van der Waals surface area contributed by atoms with Gasteiger partial charge in [0.15, 0.2) is 12.2 Å². The van der Waals surface area contributed by atoms with Crippen LogP contribution in [-0.2, 0) is 65.4 Å². The molecule has 0 aromatic carbocycles. The molecule has 0 radical (unpaired) electrons. The lowest BCUT2D eigenvalue weighted by Gasteiger charge is -2.21. The normalized spacial score (nSPS) is 14.5. The Morgan fingerprint density at radius 1 is 0.340 bits per heavy atom. The van der Waals surface area contributed by atoms with Gasteiger partial charge in [0.1, 0.15) is 19.3 Å². The van der Waals surface area contributed by atoms with Gasteiger partial charge in [0.05, 0.1) is 26.4 Å². The van der Waals surface area contributed by atoms with Crippen molar-refractivity contribution in [2.45, 2.75) is 394 Å². The number of carbonyl (C=O) groups excluding carboxylic acids is 4. The molecule has 0 aromatic heterocycles. The fourth-order valence-corrected chi connectivity index (χ4v) is 13.0. The van der Waals surface area contributed by atoms with Crippen molar-refractivity contribution in [2.24, 2.45) is 17.8 Å². The molecule has 0 heterocycles. The first-order valence-corrected chi connectivity index (χ1v) is 42.7. The van der Waals surface area contributed by atoms with E-state index < -0.39 is 97.5 Å². The van der Waals surface area contributed by atoms with Crippen molar-refractivity contribution in [2.75, 3.05) is 39.6 Å². The molecule has 6 atom stereocenters. The van der Waals surface area contributed by atoms with Crippen molar-refractivity contribution in [3.8, 4) is 0 Å². The summed E-state index contributed by atoms with van der Waals surface area (Å²) in [5.74, 6) is 0.151. The highest BCUT2D eigenvalue weighted by atomic mass is 31.2. The summed E-state index contributed by atoms with van der Waals surface area (Å²) in [5, 5.41) is 10.6. The van der Waals surface area contributed by atoms with Crippen molar-refractivity contribution >= 4 is 39.5 Å². The third-order valence-corrected chi connectivity index (χ3v) is 19.8. The molecule has 0 saturated carbocycles. The van der Waals surface area contributed by atoms with Crippen molar-refractivity contribution in [3.05, 3.63) is 24.3 Å². The molecular formula is C78H148O17P2. The van der Waals surface area contributed by atoms with Crippen LogP contribution < -0.4 is 0 Å². The fourth-order valence-electron chi connectivity index (χ4n) is 11.4. The molecule has 0 saturated heterocycles. The number of hydrogen-bond acceptors (Lipinski definition) is 15. The highest BCUT2D eigenvalue weighted by molar-refractivity contribution is 7.47. The number of rotatable bonds is 74. The highest BCUT2D eigenvalue weighted by Gasteiger charge is 2.30. The van der Waals surface area contributed by atoms with Gasteiger partial charge in [0.25, 0.3) is 0 Å². The van der Waals surface area contributed by atoms with E-state index in [0.717, 1.165) is 133 Å². The van der Waals surface area contributed by atoms with Crippen LogP contribution in [-0.4, -0.2) is 96.7 Å². The summed E-state index contributed by atoms with van der Waals surface area (Å²) in [6.07, 6.45) is 57.7. The van der Waals surface area contributed by atoms with Crippen LogP contribution in [0, 0.1) is 17.8 Å². The number of hydrogen-bond donors (Lipinski definition) is 3. The van der Waals surface area contributed by atoms with E-state index >= 15 is 0 Å². The van der Waals surface area contributed by atoms with E-state index in [1.807, 2.05) is 0 Å². The number of esters is 4. The summed E-state index contributed by atoms with van der Waals surface area (Å²) in [5.41, 5.74) is 0. The molecule has 0 fully saturated rings. The SMILES string of the molecule is CCCCCC/C=C\C=C/CCCCCCCC(=O)OC[C@H](COP(=O)(O)OC[C@@H](O)COP(=O)(O)OC[C@@H](COC(=O)CCCCCCCCC(C)CC)OC(=O)CCCCCCCCCCCCCCCCC(C)C)OC(=O)CCCCCCCCCCCCCCC(C)C. The van der Waals surface area contributed by atoms with Gasteiger partial charge >= 0.3 is 39.5 Å². The van der Waals surface area contributed by atoms with Gasteiger partial charge in [-0.25, -0.2) is 9.13 Å². The molecule has 0 spiro atoms. The first-order chi connectivity index (χ1) is 46.8. The molecule has 572 valence electrons. The smallest absolute Gasteiger partial charge is 0.462 e. The molecule has 19 heteroatoms. The van der Waals surface area contributed by atoms with E-state index in [1.165, 1.54) is 161 Å². The number of ether oxygens (including phenoxy) is 4. The van der Waals surface area contributed by atoms with E-state index in [9.17, 15) is 43.2 Å². The molecule has 0 bridgehead atoms. The summed E-state index contributed by atoms with van der Waals surface area (Å²) in [4.78, 5) is 72.9. The molecule has 0 aliphatic rings. The topological polar surface area (TPSA) is 237 Å². The Balaban J connectivity index is 5.28. The van der Waals surface area contributed by atoms with Gasteiger partial charge in [0, 0.05) is 25.7 Å². The first kappa shape index (κ1) is 94.5. The first-order valence-electron chi connectivity index (χ1n) is 39.7. The van der Waals surface area contributed by atoms with Crippen LogP contribution >= 0.6 is 15.6 Å². The van der Waals surface area contributed by atoms with Crippen LogP contribution in [0.3, 0.4) is 0 Å². The summed E-state index contributed by atoms with van der Waals surface area (Å²) < 4.78 is 68.6. The average molecular weight is 1420 g/mol. The monoisotopic (exact) mass is 1420 g/mol. The Morgan fingerprint density at radius 3 is 0.918 bits per heavy atom. The maximum absolute atomic E-state index is 13.1. The number of phosphoric acid groups is 2. The minimum atomic E-state index is -4.97. The van der Waals surface area contributed by atoms with E-state index in [-0.39, 0.29) is 25.7 Å². The second-order valence-corrected chi connectivity index (χ2v) is 31.5. The molecule has 3 unspecified atom stereocenters. The van der Waals surface area contributed by atoms with Crippen molar-refractivity contribution in [1.29, 1.82) is 0 Å². The number of phosphoric ester groups is 2. The van der Waals surface area contributed by atoms with Crippen LogP contribution in [0.25, 0.3) is 0 Å². The molecule has 3 N–H and O–H groups in total. The molecule has 0 rings (SSSR count). The zero-order chi connectivity index (χ0) is 71.6. The quantitative estimate of drug-likeness (QED) is 0.0169. The maximum atomic E-state index is 13.1. The lowest BCUT2D eigenvalue weighted by molar-refractivity contribution is -0.161. The van der Waals surface area contributed by atoms with E-state index in [4.69, 9.17) is 37.0 Å². The average Bonchev–Trinajstić information content (AvgIpc) is 1.05. The lowest BCUT2D eigenvalue weighted by Crippen LogP contribution is -2.30. The molecular weight excluding hydrogens is 1270 g/mol. The number of unbranched alkanes of at least 4 members (excludes halogenated alkanes) is 38. The summed E-state index contributed by atoms with van der Waals surface area (Å²) >= 11 is 0. The number of aliphatic hydroxyl groups excluding tert-OH is 1. The maximum Gasteiger partial charge on any atom is 0.472 e. The zero-order valence-electron chi connectivity index (χ0n) is 63.0. The van der Waals surface area contributed by atoms with Crippen LogP contribution in [0.4, 0.5) is 0 Å². The molecule has 17 nitrogen and oxygen atoms in total. The van der Waals surface area contributed by atoms with Crippen LogP contribution in [0.5, 0.6) is 0 Å². The molecule has 97 heavy (non-hydrogen) atoms. The van der Waals surface area contributed by atoms with Gasteiger partial charge in [-0.2, -0.15) is 0 Å². The summed E-state index contributed by atoms with van der Waals surface area (Å²) in [6.45, 7) is 11.8. The number of allylic oxidation sites excluding steroid dienone is 4. The van der Waals surface area contributed by atoms with Gasteiger partial charge in [-0.1, -0.05) is 323 Å². The van der Waals surface area contributed by atoms with Gasteiger partial charge in [0.2, 0.25) is 0 Å². The second-order valence-electron chi connectivity index (χ2n) is 28.6.